The molecule has 1 aromatic carbocycles. The molecule has 3 heteroatoms. The van der Waals surface area contributed by atoms with E-state index in [1.807, 2.05) is 31.3 Å². The van der Waals surface area contributed by atoms with Crippen molar-refractivity contribution in [2.24, 2.45) is 0 Å². The average molecular weight is 282 g/mol. The predicted molar refractivity (Wildman–Crippen MR) is 88.0 cm³/mol. The van der Waals surface area contributed by atoms with Crippen LogP contribution < -0.4 is 0 Å². The molecule has 2 aromatic rings. The molecule has 3 nitrogen and oxygen atoms in total. The van der Waals surface area contributed by atoms with Crippen molar-refractivity contribution in [3.05, 3.63) is 54.5 Å². The van der Waals surface area contributed by atoms with Gasteiger partial charge in [0.1, 0.15) is 0 Å². The Labute approximate surface area is 126 Å². The quantitative estimate of drug-likeness (QED) is 0.618. The molecule has 1 aromatic heterocycles. The van der Waals surface area contributed by atoms with Gasteiger partial charge in [-0.25, -0.2) is 9.97 Å². The molecule has 110 valence electrons. The van der Waals surface area contributed by atoms with Crippen molar-refractivity contribution in [3.8, 4) is 0 Å². The highest BCUT2D eigenvalue weighted by molar-refractivity contribution is 5.79. The third kappa shape index (κ3) is 4.80. The normalized spacial score (nSPS) is 12.9. The number of benzene rings is 1. The van der Waals surface area contributed by atoms with Crippen molar-refractivity contribution in [3.63, 3.8) is 0 Å². The van der Waals surface area contributed by atoms with Crippen molar-refractivity contribution in [2.45, 2.75) is 38.7 Å². The molecular weight excluding hydrogens is 260 g/mol. The molecule has 0 aliphatic heterocycles. The third-order valence-electron chi connectivity index (χ3n) is 3.30. The van der Waals surface area contributed by atoms with Crippen LogP contribution in [0.2, 0.25) is 0 Å². The molecule has 0 saturated heterocycles. The minimum atomic E-state index is -0.222. The lowest BCUT2D eigenvalue weighted by atomic mass is 10.1. The van der Waals surface area contributed by atoms with Gasteiger partial charge in [-0.3, -0.25) is 0 Å². The van der Waals surface area contributed by atoms with Crippen LogP contribution in [0.25, 0.3) is 17.0 Å². The molecule has 2 rings (SSSR count). The maximum absolute atomic E-state index is 9.19. The van der Waals surface area contributed by atoms with Gasteiger partial charge in [0.2, 0.25) is 0 Å². The summed E-state index contributed by atoms with van der Waals surface area (Å²) in [5.74, 6) is 0.732. The maximum atomic E-state index is 9.19. The van der Waals surface area contributed by atoms with Gasteiger partial charge in [-0.1, -0.05) is 18.2 Å². The summed E-state index contributed by atoms with van der Waals surface area (Å²) in [6.07, 6.45) is 11.2. The fraction of sp³-hybridized carbons (Fsp3) is 0.333. The van der Waals surface area contributed by atoms with E-state index in [4.69, 9.17) is 0 Å². The molecule has 0 radical (unpaired) electrons. The van der Waals surface area contributed by atoms with E-state index >= 15 is 0 Å². The topological polar surface area (TPSA) is 46.0 Å². The van der Waals surface area contributed by atoms with Crippen LogP contribution in [-0.2, 0) is 6.42 Å². The zero-order valence-corrected chi connectivity index (χ0v) is 12.5. The number of aliphatic hydroxyl groups is 1. The first kappa shape index (κ1) is 15.4. The van der Waals surface area contributed by atoms with Gasteiger partial charge >= 0.3 is 0 Å². The molecule has 0 saturated carbocycles. The first-order valence-corrected chi connectivity index (χ1v) is 7.40. The number of nitrogens with zero attached hydrogens (tertiary/aromatic N) is 2. The fourth-order valence-electron chi connectivity index (χ4n) is 2.19. The standard InChI is InChI=1S/C18H22N2O/c1-3-7-15-10-11-17-16(12-15)13-19-18(20-17)9-6-4-5-8-14(2)21/h3,6,9-14,21H,1,4-5,7-8H2,2H3. The number of aromatic nitrogens is 2. The zero-order chi connectivity index (χ0) is 15.1. The number of fused-ring (bicyclic) bond motifs is 1. The molecule has 0 aliphatic rings. The first-order valence-electron chi connectivity index (χ1n) is 7.40. The molecule has 0 amide bonds. The number of allylic oxidation sites excluding steroid dienone is 2. The lowest BCUT2D eigenvalue weighted by Crippen LogP contribution is -1.97. The minimum Gasteiger partial charge on any atom is -0.393 e. The minimum absolute atomic E-state index is 0.222. The second kappa shape index (κ2) is 7.70. The second-order valence-electron chi connectivity index (χ2n) is 5.30. The molecular formula is C18H22N2O. The van der Waals surface area contributed by atoms with Gasteiger partial charge in [-0.15, -0.1) is 6.58 Å². The Morgan fingerprint density at radius 3 is 3.00 bits per heavy atom. The molecule has 0 bridgehead atoms. The van der Waals surface area contributed by atoms with Gasteiger partial charge in [0.15, 0.2) is 5.82 Å². The number of rotatable bonds is 7. The Balaban J connectivity index is 2.03. The summed E-state index contributed by atoms with van der Waals surface area (Å²) < 4.78 is 0. The van der Waals surface area contributed by atoms with Gasteiger partial charge in [-0.2, -0.15) is 0 Å². The van der Waals surface area contributed by atoms with Gasteiger partial charge in [0, 0.05) is 11.6 Å². The summed E-state index contributed by atoms with van der Waals surface area (Å²) in [7, 11) is 0. The van der Waals surface area contributed by atoms with Crippen LogP contribution in [0.15, 0.2) is 43.1 Å². The summed E-state index contributed by atoms with van der Waals surface area (Å²) in [5.41, 5.74) is 2.18. The smallest absolute Gasteiger partial charge is 0.152 e. The first-order chi connectivity index (χ1) is 10.2. The summed E-state index contributed by atoms with van der Waals surface area (Å²) in [5, 5.41) is 10.2. The highest BCUT2D eigenvalue weighted by atomic mass is 16.3. The molecule has 0 aliphatic carbocycles. The van der Waals surface area contributed by atoms with E-state index in [2.05, 4.69) is 34.8 Å². The molecule has 1 N–H and O–H groups in total. The lowest BCUT2D eigenvalue weighted by Gasteiger charge is -2.02. The van der Waals surface area contributed by atoms with E-state index in [1.165, 1.54) is 5.56 Å². The average Bonchev–Trinajstić information content (AvgIpc) is 2.47. The Bertz CT molecular complexity index is 632. The van der Waals surface area contributed by atoms with Crippen LogP contribution in [0.3, 0.4) is 0 Å². The Morgan fingerprint density at radius 2 is 2.24 bits per heavy atom. The van der Waals surface area contributed by atoms with Gasteiger partial charge < -0.3 is 5.11 Å². The van der Waals surface area contributed by atoms with Crippen LogP contribution in [0.5, 0.6) is 0 Å². The Hall–Kier alpha value is -2.00. The zero-order valence-electron chi connectivity index (χ0n) is 12.5. The van der Waals surface area contributed by atoms with E-state index in [1.54, 1.807) is 0 Å². The van der Waals surface area contributed by atoms with Gasteiger partial charge in [0.05, 0.1) is 11.6 Å². The van der Waals surface area contributed by atoms with Crippen LogP contribution in [-0.4, -0.2) is 21.2 Å². The number of unbranched alkanes of at least 4 members (excludes halogenated alkanes) is 1. The molecule has 1 heterocycles. The third-order valence-corrected chi connectivity index (χ3v) is 3.30. The highest BCUT2D eigenvalue weighted by Gasteiger charge is 1.99. The predicted octanol–water partition coefficient (Wildman–Crippen LogP) is 3.92. The highest BCUT2D eigenvalue weighted by Crippen LogP contribution is 2.14. The van der Waals surface area contributed by atoms with Crippen LogP contribution in [0.4, 0.5) is 0 Å². The number of aliphatic hydroxyl groups excluding tert-OH is 1. The van der Waals surface area contributed by atoms with Gasteiger partial charge in [-0.05, 0) is 56.4 Å². The summed E-state index contributed by atoms with van der Waals surface area (Å²) in [4.78, 5) is 8.90. The fourth-order valence-corrected chi connectivity index (χ4v) is 2.19. The van der Waals surface area contributed by atoms with Crippen LogP contribution >= 0.6 is 0 Å². The molecule has 0 fully saturated rings. The monoisotopic (exact) mass is 282 g/mol. The summed E-state index contributed by atoms with van der Waals surface area (Å²) >= 11 is 0. The number of hydrogen-bond acceptors (Lipinski definition) is 3. The van der Waals surface area contributed by atoms with E-state index < -0.39 is 0 Å². The molecule has 1 unspecified atom stereocenters. The molecule has 21 heavy (non-hydrogen) atoms. The van der Waals surface area contributed by atoms with Crippen molar-refractivity contribution >= 4 is 17.0 Å². The van der Waals surface area contributed by atoms with Crippen molar-refractivity contribution in [1.29, 1.82) is 0 Å². The SMILES string of the molecule is C=CCc1ccc2nc(C=CCCCC(C)O)ncc2c1. The van der Waals surface area contributed by atoms with Crippen molar-refractivity contribution in [2.75, 3.05) is 0 Å². The number of hydrogen-bond donors (Lipinski definition) is 1. The summed E-state index contributed by atoms with van der Waals surface area (Å²) in [6, 6.07) is 6.21. The lowest BCUT2D eigenvalue weighted by molar-refractivity contribution is 0.182. The largest absolute Gasteiger partial charge is 0.393 e. The van der Waals surface area contributed by atoms with Crippen molar-refractivity contribution in [1.82, 2.24) is 9.97 Å². The Morgan fingerprint density at radius 1 is 1.38 bits per heavy atom. The van der Waals surface area contributed by atoms with Crippen molar-refractivity contribution < 1.29 is 5.11 Å². The van der Waals surface area contributed by atoms with E-state index in [-0.39, 0.29) is 6.10 Å². The van der Waals surface area contributed by atoms with Crippen LogP contribution in [0.1, 0.15) is 37.6 Å². The van der Waals surface area contributed by atoms with E-state index in [0.29, 0.717) is 0 Å². The maximum Gasteiger partial charge on any atom is 0.152 e. The Kier molecular flexibility index (Phi) is 5.64. The molecule has 1 atom stereocenters. The molecule has 0 spiro atoms. The van der Waals surface area contributed by atoms with Gasteiger partial charge in [0.25, 0.3) is 0 Å². The van der Waals surface area contributed by atoms with Crippen LogP contribution in [0, 0.1) is 0 Å². The second-order valence-corrected chi connectivity index (χ2v) is 5.30. The van der Waals surface area contributed by atoms with E-state index in [0.717, 1.165) is 42.4 Å². The van der Waals surface area contributed by atoms with E-state index in [9.17, 15) is 5.11 Å². The summed E-state index contributed by atoms with van der Waals surface area (Å²) in [6.45, 7) is 5.57.